The van der Waals surface area contributed by atoms with E-state index in [1.165, 1.54) is 14.9 Å². The van der Waals surface area contributed by atoms with Crippen molar-refractivity contribution >= 4 is 26.3 Å². The molecule has 0 saturated heterocycles. The number of aryl methyl sites for hydroxylation is 1. The molecule has 0 unspecified atom stereocenters. The molecule has 0 atom stereocenters. The van der Waals surface area contributed by atoms with Crippen LogP contribution >= 0.6 is 0 Å². The summed E-state index contributed by atoms with van der Waals surface area (Å²) < 4.78 is 6.69. The molecule has 1 heterocycles. The van der Waals surface area contributed by atoms with E-state index in [2.05, 4.69) is 13.8 Å². The standard InChI is InChI=1S/C7H9O.Sn.3H/c1-5-4-8-7(3)6(5)2;;;;/h1-3H3;;;;. The maximum absolute atomic E-state index is 5.44. The number of hydrogen-bond donors (Lipinski definition) is 0. The van der Waals surface area contributed by atoms with Crippen LogP contribution in [-0.4, -0.2) is 22.5 Å². The van der Waals surface area contributed by atoms with E-state index in [9.17, 15) is 0 Å². The molecule has 0 aromatic carbocycles. The normalized spacial score (nSPS) is 10.6. The first-order valence-electron chi connectivity index (χ1n) is 3.16. The van der Waals surface area contributed by atoms with Crippen molar-refractivity contribution in [2.75, 3.05) is 0 Å². The Hall–Kier alpha value is 0.0787. The first kappa shape index (κ1) is 7.19. The summed E-state index contributed by atoms with van der Waals surface area (Å²) in [5.41, 5.74) is 2.72. The van der Waals surface area contributed by atoms with Gasteiger partial charge in [0, 0.05) is 0 Å². The van der Waals surface area contributed by atoms with Crippen LogP contribution in [0, 0.1) is 20.8 Å². The zero-order chi connectivity index (χ0) is 7.02. The summed E-state index contributed by atoms with van der Waals surface area (Å²) in [4.78, 5) is 0. The van der Waals surface area contributed by atoms with E-state index in [1.54, 1.807) is 0 Å². The third-order valence-corrected chi connectivity index (χ3v) is 4.65. The minimum atomic E-state index is 0.534. The monoisotopic (exact) mass is 232 g/mol. The van der Waals surface area contributed by atoms with Crippen LogP contribution in [0.2, 0.25) is 0 Å². The quantitative estimate of drug-likeness (QED) is 0.581. The third kappa shape index (κ3) is 1.15. The topological polar surface area (TPSA) is 13.1 Å². The van der Waals surface area contributed by atoms with Gasteiger partial charge in [-0.15, -0.1) is 0 Å². The molecule has 2 heteroatoms. The van der Waals surface area contributed by atoms with Crippen molar-refractivity contribution < 1.29 is 4.42 Å². The molecule has 9 heavy (non-hydrogen) atoms. The Morgan fingerprint density at radius 3 is 1.78 bits per heavy atom. The second-order valence-corrected chi connectivity index (χ2v) is 5.06. The van der Waals surface area contributed by atoms with Crippen LogP contribution in [0.25, 0.3) is 0 Å². The Balaban J connectivity index is 3.29. The Bertz CT molecular complexity index is 203. The fourth-order valence-electron chi connectivity index (χ4n) is 0.911. The molecular weight excluding hydrogens is 219 g/mol. The van der Waals surface area contributed by atoms with E-state index in [1.807, 2.05) is 6.92 Å². The second kappa shape index (κ2) is 2.37. The minimum absolute atomic E-state index is 0.534. The van der Waals surface area contributed by atoms with Crippen LogP contribution in [0.3, 0.4) is 0 Å². The van der Waals surface area contributed by atoms with Gasteiger partial charge in [0.1, 0.15) is 0 Å². The molecule has 0 spiro atoms. The van der Waals surface area contributed by atoms with Gasteiger partial charge in [0.05, 0.1) is 0 Å². The van der Waals surface area contributed by atoms with Crippen molar-refractivity contribution in [3.63, 3.8) is 0 Å². The van der Waals surface area contributed by atoms with E-state index in [-0.39, 0.29) is 0 Å². The first-order valence-corrected chi connectivity index (χ1v) is 6.01. The SMILES string of the molecule is Cc1o[c]([SnH3])c(C)c1C. The molecule has 0 saturated carbocycles. The molecule has 0 amide bonds. The zero-order valence-corrected chi connectivity index (χ0v) is 12.1. The molecule has 0 N–H and O–H groups in total. The van der Waals surface area contributed by atoms with Crippen LogP contribution in [-0.2, 0) is 0 Å². The fourth-order valence-corrected chi connectivity index (χ4v) is 2.86. The molecule has 1 rings (SSSR count). The van der Waals surface area contributed by atoms with Gasteiger partial charge in [-0.05, 0) is 0 Å². The van der Waals surface area contributed by atoms with Gasteiger partial charge in [0.2, 0.25) is 0 Å². The summed E-state index contributed by atoms with van der Waals surface area (Å²) in [6.07, 6.45) is 0. The van der Waals surface area contributed by atoms with Gasteiger partial charge >= 0.3 is 68.4 Å². The van der Waals surface area contributed by atoms with Gasteiger partial charge < -0.3 is 0 Å². The summed E-state index contributed by atoms with van der Waals surface area (Å²) in [5.74, 6) is 1.10. The van der Waals surface area contributed by atoms with E-state index in [0.29, 0.717) is 22.5 Å². The Kier molecular flexibility index (Phi) is 1.89. The van der Waals surface area contributed by atoms with Crippen LogP contribution in [0.1, 0.15) is 16.9 Å². The number of hydrogen-bond acceptors (Lipinski definition) is 1. The summed E-state index contributed by atoms with van der Waals surface area (Å²) in [6, 6.07) is 0. The van der Waals surface area contributed by atoms with Gasteiger partial charge in [-0.25, -0.2) is 0 Å². The van der Waals surface area contributed by atoms with Crippen molar-refractivity contribution in [3.05, 3.63) is 16.9 Å². The van der Waals surface area contributed by atoms with Crippen molar-refractivity contribution in [3.8, 4) is 0 Å². The number of furan rings is 1. The maximum atomic E-state index is 5.44. The molecule has 0 aliphatic carbocycles. The predicted molar refractivity (Wildman–Crippen MR) is 42.5 cm³/mol. The summed E-state index contributed by atoms with van der Waals surface area (Å²) in [6.45, 7) is 6.28. The van der Waals surface area contributed by atoms with Crippen molar-refractivity contribution in [1.29, 1.82) is 0 Å². The molecule has 1 nitrogen and oxygen atoms in total. The van der Waals surface area contributed by atoms with Crippen LogP contribution < -0.4 is 3.78 Å². The van der Waals surface area contributed by atoms with Crippen LogP contribution in [0.5, 0.6) is 0 Å². The summed E-state index contributed by atoms with van der Waals surface area (Å²) in [7, 11) is 0. The molecule has 1 aromatic rings. The predicted octanol–water partition coefficient (Wildman–Crippen LogP) is 0.196. The molecule has 0 bridgehead atoms. The fraction of sp³-hybridized carbons (Fsp3) is 0.429. The second-order valence-electron chi connectivity index (χ2n) is 2.46. The first-order chi connectivity index (χ1) is 4.13. The molecule has 1 aromatic heterocycles. The van der Waals surface area contributed by atoms with Gasteiger partial charge in [0.25, 0.3) is 0 Å². The van der Waals surface area contributed by atoms with E-state index in [0.717, 1.165) is 5.76 Å². The molecular formula is C7H12OSn. The van der Waals surface area contributed by atoms with E-state index >= 15 is 0 Å². The molecule has 0 radical (unpaired) electrons. The van der Waals surface area contributed by atoms with Crippen molar-refractivity contribution in [2.45, 2.75) is 20.8 Å². The summed E-state index contributed by atoms with van der Waals surface area (Å²) >= 11 is 0.534. The van der Waals surface area contributed by atoms with Gasteiger partial charge in [-0.2, -0.15) is 0 Å². The Labute approximate surface area is 68.5 Å². The van der Waals surface area contributed by atoms with Gasteiger partial charge in [-0.3, -0.25) is 0 Å². The average molecular weight is 231 g/mol. The van der Waals surface area contributed by atoms with E-state index < -0.39 is 0 Å². The van der Waals surface area contributed by atoms with Gasteiger partial charge in [0.15, 0.2) is 0 Å². The molecule has 0 fully saturated rings. The van der Waals surface area contributed by atoms with Crippen molar-refractivity contribution in [2.24, 2.45) is 0 Å². The van der Waals surface area contributed by atoms with E-state index in [4.69, 9.17) is 4.42 Å². The summed E-state index contributed by atoms with van der Waals surface area (Å²) in [5, 5.41) is 0. The Morgan fingerprint density at radius 1 is 1.11 bits per heavy atom. The molecule has 0 aliphatic rings. The Morgan fingerprint density at radius 2 is 1.67 bits per heavy atom. The van der Waals surface area contributed by atoms with Crippen LogP contribution in [0.15, 0.2) is 4.42 Å². The number of rotatable bonds is 0. The molecule has 0 aliphatic heterocycles. The average Bonchev–Trinajstić information content (AvgIpc) is 1.98. The molecule has 50 valence electrons. The van der Waals surface area contributed by atoms with Gasteiger partial charge in [-0.1, -0.05) is 0 Å². The van der Waals surface area contributed by atoms with Crippen LogP contribution in [0.4, 0.5) is 0 Å². The zero-order valence-electron chi connectivity index (χ0n) is 6.41. The third-order valence-electron chi connectivity index (χ3n) is 1.92. The van der Waals surface area contributed by atoms with Crippen molar-refractivity contribution in [1.82, 2.24) is 0 Å².